The average molecular weight is 306 g/mol. The molecule has 1 aliphatic rings. The van der Waals surface area contributed by atoms with E-state index in [0.29, 0.717) is 13.2 Å². The Hall–Kier alpha value is -1.59. The van der Waals surface area contributed by atoms with Gasteiger partial charge >= 0.3 is 6.03 Å². The molecule has 0 radical (unpaired) electrons. The number of nitrogens with zero attached hydrogens (tertiary/aromatic N) is 1. The fourth-order valence-electron chi connectivity index (χ4n) is 2.57. The van der Waals surface area contributed by atoms with Crippen LogP contribution in [0.2, 0.25) is 0 Å². The summed E-state index contributed by atoms with van der Waals surface area (Å²) >= 11 is 0. The van der Waals surface area contributed by atoms with Crippen LogP contribution in [0.1, 0.15) is 25.3 Å². The molecule has 1 N–H and O–H groups in total. The third-order valence-corrected chi connectivity index (χ3v) is 3.78. The first-order valence-electron chi connectivity index (χ1n) is 8.01. The Labute approximate surface area is 132 Å². The van der Waals surface area contributed by atoms with E-state index in [0.717, 1.165) is 43.8 Å². The largest absolute Gasteiger partial charge is 0.379 e. The summed E-state index contributed by atoms with van der Waals surface area (Å²) in [6.07, 6.45) is 2.00. The minimum absolute atomic E-state index is 0.0293. The van der Waals surface area contributed by atoms with Crippen LogP contribution in [-0.4, -0.2) is 49.9 Å². The summed E-state index contributed by atoms with van der Waals surface area (Å²) in [4.78, 5) is 14.1. The number of rotatable bonds is 6. The van der Waals surface area contributed by atoms with Crippen molar-refractivity contribution in [2.75, 3.05) is 38.2 Å². The molecule has 2 rings (SSSR count). The maximum absolute atomic E-state index is 12.2. The Balaban J connectivity index is 1.71. The molecule has 1 saturated heterocycles. The number of carbonyl (C=O) groups is 1. The molecule has 0 atom stereocenters. The van der Waals surface area contributed by atoms with Gasteiger partial charge in [0.05, 0.1) is 19.3 Å². The van der Waals surface area contributed by atoms with Crippen molar-refractivity contribution in [1.82, 2.24) is 4.90 Å². The lowest BCUT2D eigenvalue weighted by Gasteiger charge is -2.32. The highest BCUT2D eigenvalue weighted by atomic mass is 16.5. The predicted molar refractivity (Wildman–Crippen MR) is 87.2 cm³/mol. The van der Waals surface area contributed by atoms with Crippen LogP contribution in [0, 0.1) is 6.92 Å². The number of benzene rings is 1. The van der Waals surface area contributed by atoms with E-state index < -0.39 is 0 Å². The Bertz CT molecular complexity index is 471. The summed E-state index contributed by atoms with van der Waals surface area (Å²) in [6.45, 7) is 7.46. The van der Waals surface area contributed by atoms with Gasteiger partial charge in [-0.3, -0.25) is 0 Å². The molecule has 1 fully saturated rings. The summed E-state index contributed by atoms with van der Waals surface area (Å²) < 4.78 is 11.0. The quantitative estimate of drug-likeness (QED) is 0.822. The van der Waals surface area contributed by atoms with Gasteiger partial charge in [-0.05, 0) is 44.4 Å². The molecule has 0 unspecified atom stereocenters. The van der Waals surface area contributed by atoms with E-state index in [-0.39, 0.29) is 12.1 Å². The van der Waals surface area contributed by atoms with Crippen molar-refractivity contribution in [2.24, 2.45) is 0 Å². The van der Waals surface area contributed by atoms with E-state index in [1.807, 2.05) is 43.0 Å². The number of ether oxygens (including phenoxy) is 2. The zero-order valence-corrected chi connectivity index (χ0v) is 13.5. The van der Waals surface area contributed by atoms with E-state index >= 15 is 0 Å². The monoisotopic (exact) mass is 306 g/mol. The third-order valence-electron chi connectivity index (χ3n) is 3.78. The van der Waals surface area contributed by atoms with Crippen molar-refractivity contribution in [2.45, 2.75) is 32.8 Å². The van der Waals surface area contributed by atoms with E-state index in [1.165, 1.54) is 0 Å². The molecule has 122 valence electrons. The molecule has 0 spiro atoms. The van der Waals surface area contributed by atoms with Gasteiger partial charge in [-0.1, -0.05) is 12.1 Å². The number of piperidine rings is 1. The molecule has 1 heterocycles. The maximum Gasteiger partial charge on any atom is 0.321 e. The summed E-state index contributed by atoms with van der Waals surface area (Å²) in [5.41, 5.74) is 1.99. The number of hydrogen-bond acceptors (Lipinski definition) is 3. The van der Waals surface area contributed by atoms with E-state index in [9.17, 15) is 4.79 Å². The number of carbonyl (C=O) groups excluding carboxylic acids is 1. The molecule has 1 aliphatic heterocycles. The number of nitrogens with one attached hydrogen (secondary N) is 1. The van der Waals surface area contributed by atoms with Gasteiger partial charge in [0.1, 0.15) is 0 Å². The molecule has 5 nitrogen and oxygen atoms in total. The number of anilines is 1. The van der Waals surface area contributed by atoms with Gasteiger partial charge in [-0.25, -0.2) is 4.79 Å². The lowest BCUT2D eigenvalue weighted by molar-refractivity contribution is -0.0152. The minimum atomic E-state index is -0.0293. The lowest BCUT2D eigenvalue weighted by atomic mass is 10.1. The molecule has 0 aliphatic carbocycles. The first-order chi connectivity index (χ1) is 10.7. The van der Waals surface area contributed by atoms with Crippen LogP contribution in [0.5, 0.6) is 0 Å². The van der Waals surface area contributed by atoms with Crippen LogP contribution in [0.15, 0.2) is 24.3 Å². The Morgan fingerprint density at radius 2 is 2.09 bits per heavy atom. The van der Waals surface area contributed by atoms with Crippen molar-refractivity contribution in [1.29, 1.82) is 0 Å². The van der Waals surface area contributed by atoms with Crippen LogP contribution in [0.25, 0.3) is 0 Å². The van der Waals surface area contributed by atoms with Gasteiger partial charge < -0.3 is 19.7 Å². The van der Waals surface area contributed by atoms with Crippen molar-refractivity contribution in [3.8, 4) is 0 Å². The number of hydrogen-bond donors (Lipinski definition) is 1. The van der Waals surface area contributed by atoms with Gasteiger partial charge in [0.2, 0.25) is 0 Å². The standard InChI is InChI=1S/C17H26N2O3/c1-3-21-11-12-22-16-7-9-19(10-8-16)17(20)18-15-6-4-5-14(2)13-15/h4-6,13,16H,3,7-12H2,1-2H3,(H,18,20). The number of aryl methyl sites for hydroxylation is 1. The summed E-state index contributed by atoms with van der Waals surface area (Å²) in [5, 5.41) is 2.95. The molecule has 1 aromatic carbocycles. The number of likely N-dealkylation sites (tertiary alicyclic amines) is 1. The second kappa shape index (κ2) is 8.76. The fourth-order valence-corrected chi connectivity index (χ4v) is 2.57. The molecule has 22 heavy (non-hydrogen) atoms. The Morgan fingerprint density at radius 3 is 2.77 bits per heavy atom. The smallest absolute Gasteiger partial charge is 0.321 e. The SMILES string of the molecule is CCOCCOC1CCN(C(=O)Nc2cccc(C)c2)CC1. The normalized spacial score (nSPS) is 15.8. The van der Waals surface area contributed by atoms with E-state index in [1.54, 1.807) is 0 Å². The molecular weight excluding hydrogens is 280 g/mol. The van der Waals surface area contributed by atoms with Gasteiger partial charge in [0.25, 0.3) is 0 Å². The highest BCUT2D eigenvalue weighted by Crippen LogP contribution is 2.16. The third kappa shape index (κ3) is 5.31. The molecule has 1 aromatic rings. The average Bonchev–Trinajstić information content (AvgIpc) is 2.52. The Morgan fingerprint density at radius 1 is 1.32 bits per heavy atom. The zero-order chi connectivity index (χ0) is 15.8. The molecular formula is C17H26N2O3. The van der Waals surface area contributed by atoms with Crippen LogP contribution >= 0.6 is 0 Å². The van der Waals surface area contributed by atoms with Crippen molar-refractivity contribution in [3.05, 3.63) is 29.8 Å². The van der Waals surface area contributed by atoms with E-state index in [4.69, 9.17) is 9.47 Å². The minimum Gasteiger partial charge on any atom is -0.379 e. The molecule has 0 saturated carbocycles. The highest BCUT2D eigenvalue weighted by molar-refractivity contribution is 5.89. The van der Waals surface area contributed by atoms with Gasteiger partial charge in [-0.15, -0.1) is 0 Å². The summed E-state index contributed by atoms with van der Waals surface area (Å²) in [7, 11) is 0. The molecule has 0 bridgehead atoms. The molecule has 5 heteroatoms. The number of amides is 2. The van der Waals surface area contributed by atoms with Crippen molar-refractivity contribution >= 4 is 11.7 Å². The maximum atomic E-state index is 12.2. The first kappa shape index (κ1) is 16.8. The van der Waals surface area contributed by atoms with Crippen LogP contribution in [0.4, 0.5) is 10.5 Å². The van der Waals surface area contributed by atoms with Crippen LogP contribution < -0.4 is 5.32 Å². The highest BCUT2D eigenvalue weighted by Gasteiger charge is 2.23. The zero-order valence-electron chi connectivity index (χ0n) is 13.5. The molecule has 0 aromatic heterocycles. The second-order valence-corrected chi connectivity index (χ2v) is 5.55. The fraction of sp³-hybridized carbons (Fsp3) is 0.588. The van der Waals surface area contributed by atoms with E-state index in [2.05, 4.69) is 5.32 Å². The molecule has 2 amide bonds. The first-order valence-corrected chi connectivity index (χ1v) is 8.01. The van der Waals surface area contributed by atoms with Gasteiger partial charge in [-0.2, -0.15) is 0 Å². The predicted octanol–water partition coefficient (Wildman–Crippen LogP) is 3.04. The lowest BCUT2D eigenvalue weighted by Crippen LogP contribution is -2.43. The summed E-state index contributed by atoms with van der Waals surface area (Å²) in [6, 6.07) is 7.82. The van der Waals surface area contributed by atoms with Crippen molar-refractivity contribution < 1.29 is 14.3 Å². The summed E-state index contributed by atoms with van der Waals surface area (Å²) in [5.74, 6) is 0. The van der Waals surface area contributed by atoms with Crippen molar-refractivity contribution in [3.63, 3.8) is 0 Å². The van der Waals surface area contributed by atoms with Gasteiger partial charge in [0, 0.05) is 25.4 Å². The number of urea groups is 1. The second-order valence-electron chi connectivity index (χ2n) is 5.55. The Kier molecular flexibility index (Phi) is 6.68. The van der Waals surface area contributed by atoms with Gasteiger partial charge in [0.15, 0.2) is 0 Å². The van der Waals surface area contributed by atoms with Crippen LogP contribution in [-0.2, 0) is 9.47 Å². The topological polar surface area (TPSA) is 50.8 Å². The van der Waals surface area contributed by atoms with Crippen LogP contribution in [0.3, 0.4) is 0 Å².